The number of hydrogen-bond acceptors (Lipinski definition) is 4. The maximum absolute atomic E-state index is 12.2. The Labute approximate surface area is 149 Å². The van der Waals surface area contributed by atoms with E-state index >= 15 is 0 Å². The first kappa shape index (κ1) is 19.1. The van der Waals surface area contributed by atoms with E-state index < -0.39 is 5.60 Å². The minimum absolute atomic E-state index is 0.0917. The number of methoxy groups -OCH3 is 1. The monoisotopic (exact) mass is 345 g/mol. The molecule has 2 N–H and O–H groups in total. The Morgan fingerprint density at radius 3 is 2.68 bits per heavy atom. The Balaban J connectivity index is 1.85. The summed E-state index contributed by atoms with van der Waals surface area (Å²) in [4.78, 5) is 12.2. The van der Waals surface area contributed by atoms with Crippen molar-refractivity contribution < 1.29 is 19.1 Å². The maximum atomic E-state index is 12.2. The second kappa shape index (κ2) is 8.21. The quantitative estimate of drug-likeness (QED) is 0.771. The van der Waals surface area contributed by atoms with Gasteiger partial charge in [-0.3, -0.25) is 4.79 Å². The van der Waals surface area contributed by atoms with E-state index in [0.29, 0.717) is 12.2 Å². The van der Waals surface area contributed by atoms with Gasteiger partial charge in [-0.1, -0.05) is 25.1 Å². The summed E-state index contributed by atoms with van der Waals surface area (Å²) in [6.07, 6.45) is 1.14. The van der Waals surface area contributed by atoms with Crippen molar-refractivity contribution in [1.29, 1.82) is 0 Å². The van der Waals surface area contributed by atoms with Crippen LogP contribution in [-0.4, -0.2) is 24.7 Å². The highest BCUT2D eigenvalue weighted by Gasteiger charge is 2.27. The SMILES string of the molecule is COc1ccccc1CC(C)CC(=O)NCC(C)(O)c1ccc(C)o1. The van der Waals surface area contributed by atoms with Gasteiger partial charge in [0.1, 0.15) is 22.9 Å². The van der Waals surface area contributed by atoms with E-state index in [1.54, 1.807) is 26.2 Å². The van der Waals surface area contributed by atoms with Gasteiger partial charge in [0.15, 0.2) is 0 Å². The third-order valence-corrected chi connectivity index (χ3v) is 4.20. The first-order valence-electron chi connectivity index (χ1n) is 8.49. The van der Waals surface area contributed by atoms with Crippen LogP contribution in [0.5, 0.6) is 5.75 Å². The summed E-state index contributed by atoms with van der Waals surface area (Å²) in [5.41, 5.74) is -0.140. The van der Waals surface area contributed by atoms with E-state index in [1.165, 1.54) is 0 Å². The van der Waals surface area contributed by atoms with Crippen molar-refractivity contribution in [3.05, 3.63) is 53.5 Å². The van der Waals surface area contributed by atoms with Crippen LogP contribution in [0.3, 0.4) is 0 Å². The number of benzene rings is 1. The van der Waals surface area contributed by atoms with E-state index in [0.717, 1.165) is 23.5 Å². The van der Waals surface area contributed by atoms with E-state index in [1.807, 2.05) is 38.1 Å². The molecule has 2 aromatic rings. The molecule has 0 aliphatic carbocycles. The molecule has 0 saturated carbocycles. The van der Waals surface area contributed by atoms with Gasteiger partial charge in [0.25, 0.3) is 0 Å². The topological polar surface area (TPSA) is 71.7 Å². The molecule has 5 nitrogen and oxygen atoms in total. The molecule has 136 valence electrons. The van der Waals surface area contributed by atoms with E-state index in [-0.39, 0.29) is 18.4 Å². The lowest BCUT2D eigenvalue weighted by Crippen LogP contribution is -2.38. The van der Waals surface area contributed by atoms with Gasteiger partial charge in [0.2, 0.25) is 5.91 Å². The molecular weight excluding hydrogens is 318 g/mol. The van der Waals surface area contributed by atoms with Crippen LogP contribution in [0.1, 0.15) is 37.4 Å². The molecule has 5 heteroatoms. The first-order valence-corrected chi connectivity index (χ1v) is 8.49. The highest BCUT2D eigenvalue weighted by Crippen LogP contribution is 2.23. The summed E-state index contributed by atoms with van der Waals surface area (Å²) in [6.45, 7) is 5.59. The van der Waals surface area contributed by atoms with Gasteiger partial charge in [-0.05, 0) is 49.9 Å². The normalized spacial score (nSPS) is 14.6. The number of hydrogen-bond donors (Lipinski definition) is 2. The molecule has 0 fully saturated rings. The Kier molecular flexibility index (Phi) is 6.26. The average molecular weight is 345 g/mol. The van der Waals surface area contributed by atoms with Crippen molar-refractivity contribution in [1.82, 2.24) is 5.32 Å². The fourth-order valence-electron chi connectivity index (χ4n) is 2.79. The smallest absolute Gasteiger partial charge is 0.220 e. The Hall–Kier alpha value is -2.27. The number of nitrogens with one attached hydrogen (secondary N) is 1. The Morgan fingerprint density at radius 1 is 1.32 bits per heavy atom. The van der Waals surface area contributed by atoms with Crippen LogP contribution in [0.15, 0.2) is 40.8 Å². The van der Waals surface area contributed by atoms with Crippen molar-refractivity contribution >= 4 is 5.91 Å². The zero-order valence-electron chi connectivity index (χ0n) is 15.3. The van der Waals surface area contributed by atoms with Crippen LogP contribution in [0.25, 0.3) is 0 Å². The van der Waals surface area contributed by atoms with Crippen molar-refractivity contribution in [2.75, 3.05) is 13.7 Å². The summed E-state index contributed by atoms with van der Waals surface area (Å²) in [6, 6.07) is 11.3. The number of para-hydroxylation sites is 1. The van der Waals surface area contributed by atoms with Gasteiger partial charge in [0, 0.05) is 6.42 Å². The van der Waals surface area contributed by atoms with Gasteiger partial charge in [-0.2, -0.15) is 0 Å². The molecule has 2 atom stereocenters. The lowest BCUT2D eigenvalue weighted by atomic mass is 9.96. The van der Waals surface area contributed by atoms with Crippen LogP contribution in [0, 0.1) is 12.8 Å². The molecular formula is C20H27NO4. The molecule has 0 bridgehead atoms. The molecule has 1 aromatic carbocycles. The Morgan fingerprint density at radius 2 is 2.04 bits per heavy atom. The summed E-state index contributed by atoms with van der Waals surface area (Å²) in [7, 11) is 1.65. The lowest BCUT2D eigenvalue weighted by molar-refractivity contribution is -0.123. The summed E-state index contributed by atoms with van der Waals surface area (Å²) in [5.74, 6) is 2.09. The minimum atomic E-state index is -1.23. The predicted octanol–water partition coefficient (Wildman–Crippen LogP) is 3.19. The lowest BCUT2D eigenvalue weighted by Gasteiger charge is -2.22. The fourth-order valence-corrected chi connectivity index (χ4v) is 2.79. The van der Waals surface area contributed by atoms with Crippen LogP contribution >= 0.6 is 0 Å². The number of amides is 1. The van der Waals surface area contributed by atoms with Crippen molar-refractivity contribution in [2.45, 2.75) is 39.2 Å². The molecule has 1 aromatic heterocycles. The number of aliphatic hydroxyl groups is 1. The minimum Gasteiger partial charge on any atom is -0.496 e. The summed E-state index contributed by atoms with van der Waals surface area (Å²) < 4.78 is 10.8. The number of rotatable bonds is 8. The second-order valence-electron chi connectivity index (χ2n) is 6.79. The largest absolute Gasteiger partial charge is 0.496 e. The number of furan rings is 1. The van der Waals surface area contributed by atoms with E-state index in [9.17, 15) is 9.90 Å². The average Bonchev–Trinajstić information content (AvgIpc) is 3.01. The standard InChI is InChI=1S/C20H27NO4/c1-14(11-16-7-5-6-8-17(16)24-4)12-19(22)21-13-20(3,23)18-10-9-15(2)25-18/h5-10,14,23H,11-13H2,1-4H3,(H,21,22). The maximum Gasteiger partial charge on any atom is 0.220 e. The third-order valence-electron chi connectivity index (χ3n) is 4.20. The van der Waals surface area contributed by atoms with Gasteiger partial charge < -0.3 is 19.6 Å². The molecule has 2 rings (SSSR count). The molecule has 2 unspecified atom stereocenters. The molecule has 0 spiro atoms. The van der Waals surface area contributed by atoms with Crippen molar-refractivity contribution in [3.63, 3.8) is 0 Å². The Bertz CT molecular complexity index is 705. The summed E-state index contributed by atoms with van der Waals surface area (Å²) in [5, 5.41) is 13.3. The van der Waals surface area contributed by atoms with Gasteiger partial charge in [-0.25, -0.2) is 0 Å². The molecule has 1 heterocycles. The zero-order valence-corrected chi connectivity index (χ0v) is 15.3. The fraction of sp³-hybridized carbons (Fsp3) is 0.450. The van der Waals surface area contributed by atoms with E-state index in [2.05, 4.69) is 5.32 Å². The molecule has 0 aliphatic heterocycles. The van der Waals surface area contributed by atoms with Crippen LogP contribution in [-0.2, 0) is 16.8 Å². The van der Waals surface area contributed by atoms with Gasteiger partial charge in [0.05, 0.1) is 13.7 Å². The summed E-state index contributed by atoms with van der Waals surface area (Å²) >= 11 is 0. The van der Waals surface area contributed by atoms with Gasteiger partial charge >= 0.3 is 0 Å². The highest BCUT2D eigenvalue weighted by molar-refractivity contribution is 5.76. The third kappa shape index (κ3) is 5.36. The molecule has 25 heavy (non-hydrogen) atoms. The van der Waals surface area contributed by atoms with Crippen molar-refractivity contribution in [3.8, 4) is 5.75 Å². The molecule has 0 saturated heterocycles. The number of ether oxygens (including phenoxy) is 1. The number of aryl methyl sites for hydroxylation is 1. The molecule has 0 radical (unpaired) electrons. The zero-order chi connectivity index (χ0) is 18.4. The van der Waals surface area contributed by atoms with Crippen LogP contribution in [0.2, 0.25) is 0 Å². The van der Waals surface area contributed by atoms with Gasteiger partial charge in [-0.15, -0.1) is 0 Å². The van der Waals surface area contributed by atoms with Crippen molar-refractivity contribution in [2.24, 2.45) is 5.92 Å². The van der Waals surface area contributed by atoms with Crippen LogP contribution < -0.4 is 10.1 Å². The van der Waals surface area contributed by atoms with Crippen LogP contribution in [0.4, 0.5) is 0 Å². The predicted molar refractivity (Wildman–Crippen MR) is 96.5 cm³/mol. The number of carbonyl (C=O) groups excluding carboxylic acids is 1. The van der Waals surface area contributed by atoms with E-state index in [4.69, 9.17) is 9.15 Å². The molecule has 0 aliphatic rings. The second-order valence-corrected chi connectivity index (χ2v) is 6.79. The highest BCUT2D eigenvalue weighted by atomic mass is 16.5. The molecule has 1 amide bonds. The number of carbonyl (C=O) groups is 1. The first-order chi connectivity index (χ1) is 11.8.